The maximum Gasteiger partial charge on any atom is 0.156 e. The first-order valence-corrected chi connectivity index (χ1v) is 8.68. The minimum Gasteiger partial charge on any atom is -0.508 e. The summed E-state index contributed by atoms with van der Waals surface area (Å²) >= 11 is 0. The number of nitrogens with zero attached hydrogens (tertiary/aromatic N) is 3. The Balaban J connectivity index is 1.25. The van der Waals surface area contributed by atoms with E-state index in [-0.39, 0.29) is 0 Å². The first kappa shape index (κ1) is 15.4. The number of phenolic OH excluding ortho intramolecular Hbond substituents is 1. The van der Waals surface area contributed by atoms with Gasteiger partial charge >= 0.3 is 0 Å². The molecule has 5 heteroatoms. The van der Waals surface area contributed by atoms with E-state index in [1.807, 2.05) is 12.1 Å². The fourth-order valence-electron chi connectivity index (χ4n) is 4.11. The van der Waals surface area contributed by atoms with Crippen LogP contribution in [-0.4, -0.2) is 45.7 Å². The molecule has 2 heterocycles. The van der Waals surface area contributed by atoms with Crippen LogP contribution in [0, 0.1) is 11.8 Å². The lowest BCUT2D eigenvalue weighted by Gasteiger charge is -2.19. The van der Waals surface area contributed by atoms with Gasteiger partial charge in [0.15, 0.2) is 5.75 Å². The van der Waals surface area contributed by atoms with Crippen molar-refractivity contribution in [3.8, 4) is 11.5 Å². The number of hydrogen-bond donors (Lipinski definition) is 1. The maximum absolute atomic E-state index is 9.35. The zero-order valence-electron chi connectivity index (χ0n) is 13.7. The molecule has 0 unspecified atom stereocenters. The normalized spacial score (nSPS) is 26.4. The molecular formula is C19H23N3O2. The SMILES string of the molecule is Oc1ccc(CCN2C[C@H]3C[C@H](Oc4cncnc4)C[C@H]3C2)cc1. The highest BCUT2D eigenvalue weighted by atomic mass is 16.5. The van der Waals surface area contributed by atoms with Crippen molar-refractivity contribution in [2.45, 2.75) is 25.4 Å². The number of ether oxygens (including phenoxy) is 1. The summed E-state index contributed by atoms with van der Waals surface area (Å²) in [5, 5.41) is 9.35. The van der Waals surface area contributed by atoms with Gasteiger partial charge in [0.1, 0.15) is 12.1 Å². The van der Waals surface area contributed by atoms with Crippen LogP contribution in [0.1, 0.15) is 18.4 Å². The second-order valence-corrected chi connectivity index (χ2v) is 6.98. The minimum absolute atomic E-state index is 0.310. The van der Waals surface area contributed by atoms with Gasteiger partial charge in [0, 0.05) is 19.6 Å². The van der Waals surface area contributed by atoms with E-state index in [1.54, 1.807) is 24.5 Å². The quantitative estimate of drug-likeness (QED) is 0.915. The van der Waals surface area contributed by atoms with Crippen molar-refractivity contribution in [3.05, 3.63) is 48.5 Å². The van der Waals surface area contributed by atoms with Crippen molar-refractivity contribution in [2.75, 3.05) is 19.6 Å². The lowest BCUT2D eigenvalue weighted by Crippen LogP contribution is -2.26. The lowest BCUT2D eigenvalue weighted by molar-refractivity contribution is 0.184. The van der Waals surface area contributed by atoms with Gasteiger partial charge in [-0.05, 0) is 48.8 Å². The molecule has 0 bridgehead atoms. The zero-order valence-corrected chi connectivity index (χ0v) is 13.7. The third kappa shape index (κ3) is 3.51. The van der Waals surface area contributed by atoms with Crippen LogP contribution in [0.3, 0.4) is 0 Å². The largest absolute Gasteiger partial charge is 0.508 e. The van der Waals surface area contributed by atoms with Gasteiger partial charge in [-0.1, -0.05) is 12.1 Å². The van der Waals surface area contributed by atoms with Crippen LogP contribution in [0.4, 0.5) is 0 Å². The Labute approximate surface area is 142 Å². The summed E-state index contributed by atoms with van der Waals surface area (Å²) in [5.74, 6) is 2.62. The van der Waals surface area contributed by atoms with Gasteiger partial charge in [-0.3, -0.25) is 0 Å². The number of hydrogen-bond acceptors (Lipinski definition) is 5. The number of aromatic nitrogens is 2. The fourth-order valence-corrected chi connectivity index (χ4v) is 4.11. The molecule has 2 aromatic rings. The summed E-state index contributed by atoms with van der Waals surface area (Å²) in [6.07, 6.45) is 8.63. The van der Waals surface area contributed by atoms with Crippen LogP contribution in [-0.2, 0) is 6.42 Å². The summed E-state index contributed by atoms with van der Waals surface area (Å²) < 4.78 is 6.02. The van der Waals surface area contributed by atoms with Gasteiger partial charge in [0.25, 0.3) is 0 Å². The molecule has 126 valence electrons. The number of likely N-dealkylation sites (tertiary alicyclic amines) is 1. The predicted octanol–water partition coefficient (Wildman–Crippen LogP) is 2.51. The monoisotopic (exact) mass is 325 g/mol. The Morgan fingerprint density at radius 1 is 1.04 bits per heavy atom. The van der Waals surface area contributed by atoms with Crippen LogP contribution in [0.5, 0.6) is 11.5 Å². The van der Waals surface area contributed by atoms with Crippen LogP contribution in [0.2, 0.25) is 0 Å². The molecule has 1 N–H and O–H groups in total. The van der Waals surface area contributed by atoms with Crippen LogP contribution < -0.4 is 4.74 Å². The second kappa shape index (κ2) is 6.77. The molecule has 1 saturated heterocycles. The Hall–Kier alpha value is -2.14. The summed E-state index contributed by atoms with van der Waals surface area (Å²) in [4.78, 5) is 10.6. The highest BCUT2D eigenvalue weighted by Crippen LogP contribution is 2.39. The number of phenols is 1. The van der Waals surface area contributed by atoms with E-state index in [2.05, 4.69) is 14.9 Å². The Morgan fingerprint density at radius 2 is 1.71 bits per heavy atom. The Morgan fingerprint density at radius 3 is 2.38 bits per heavy atom. The van der Waals surface area contributed by atoms with E-state index in [9.17, 15) is 5.11 Å². The molecular weight excluding hydrogens is 302 g/mol. The molecule has 1 aliphatic heterocycles. The average molecular weight is 325 g/mol. The van der Waals surface area contributed by atoms with Gasteiger partial charge in [-0.25, -0.2) is 9.97 Å². The summed E-state index contributed by atoms with van der Waals surface area (Å²) in [6, 6.07) is 7.56. The molecule has 4 rings (SSSR count). The highest BCUT2D eigenvalue weighted by molar-refractivity contribution is 5.26. The van der Waals surface area contributed by atoms with Gasteiger partial charge in [-0.2, -0.15) is 0 Å². The standard InChI is InChI=1S/C19H23N3O2/c23-17-3-1-14(2-4-17)5-6-22-11-15-7-18(8-16(15)12-22)24-19-9-20-13-21-10-19/h1-4,9-10,13,15-16,18,23H,5-8,11-12H2/t15-,16+,18+. The molecule has 5 nitrogen and oxygen atoms in total. The van der Waals surface area contributed by atoms with Crippen molar-refractivity contribution in [2.24, 2.45) is 11.8 Å². The van der Waals surface area contributed by atoms with E-state index in [4.69, 9.17) is 4.74 Å². The second-order valence-electron chi connectivity index (χ2n) is 6.98. The molecule has 2 fully saturated rings. The van der Waals surface area contributed by atoms with E-state index in [1.165, 1.54) is 25.0 Å². The molecule has 0 radical (unpaired) electrons. The number of aromatic hydroxyl groups is 1. The highest BCUT2D eigenvalue weighted by Gasteiger charge is 2.41. The zero-order chi connectivity index (χ0) is 16.4. The van der Waals surface area contributed by atoms with Gasteiger partial charge in [0.05, 0.1) is 18.5 Å². The lowest BCUT2D eigenvalue weighted by atomic mass is 10.0. The van der Waals surface area contributed by atoms with Gasteiger partial charge in [0.2, 0.25) is 0 Å². The number of fused-ring (bicyclic) bond motifs is 1. The Bertz CT molecular complexity index is 648. The molecule has 3 atom stereocenters. The third-order valence-corrected chi connectivity index (χ3v) is 5.28. The van der Waals surface area contributed by atoms with Crippen LogP contribution >= 0.6 is 0 Å². The molecule has 1 aromatic carbocycles. The molecule has 1 aromatic heterocycles. The van der Waals surface area contributed by atoms with E-state index in [0.717, 1.165) is 43.4 Å². The third-order valence-electron chi connectivity index (χ3n) is 5.28. The number of rotatable bonds is 5. The van der Waals surface area contributed by atoms with Crippen molar-refractivity contribution in [1.29, 1.82) is 0 Å². The Kier molecular flexibility index (Phi) is 4.34. The van der Waals surface area contributed by atoms with Crippen LogP contribution in [0.25, 0.3) is 0 Å². The molecule has 24 heavy (non-hydrogen) atoms. The molecule has 0 amide bonds. The van der Waals surface area contributed by atoms with Crippen molar-refractivity contribution < 1.29 is 9.84 Å². The number of benzene rings is 1. The van der Waals surface area contributed by atoms with Gasteiger partial charge < -0.3 is 14.7 Å². The van der Waals surface area contributed by atoms with E-state index >= 15 is 0 Å². The summed E-state index contributed by atoms with van der Waals surface area (Å²) in [5.41, 5.74) is 1.29. The van der Waals surface area contributed by atoms with E-state index < -0.39 is 0 Å². The maximum atomic E-state index is 9.35. The minimum atomic E-state index is 0.310. The smallest absolute Gasteiger partial charge is 0.156 e. The predicted molar refractivity (Wildman–Crippen MR) is 90.9 cm³/mol. The molecule has 2 aliphatic rings. The average Bonchev–Trinajstić information content (AvgIpc) is 3.13. The topological polar surface area (TPSA) is 58.5 Å². The van der Waals surface area contributed by atoms with Crippen LogP contribution in [0.15, 0.2) is 43.0 Å². The van der Waals surface area contributed by atoms with Gasteiger partial charge in [-0.15, -0.1) is 0 Å². The molecule has 1 aliphatic carbocycles. The summed E-state index contributed by atoms with van der Waals surface area (Å²) in [7, 11) is 0. The van der Waals surface area contributed by atoms with E-state index in [0.29, 0.717) is 11.9 Å². The summed E-state index contributed by atoms with van der Waals surface area (Å²) in [6.45, 7) is 3.44. The molecule has 1 saturated carbocycles. The fraction of sp³-hybridized carbons (Fsp3) is 0.474. The molecule has 0 spiro atoms. The first-order valence-electron chi connectivity index (χ1n) is 8.68. The van der Waals surface area contributed by atoms with Crippen molar-refractivity contribution in [1.82, 2.24) is 14.9 Å². The van der Waals surface area contributed by atoms with Crippen molar-refractivity contribution >= 4 is 0 Å². The first-order chi connectivity index (χ1) is 11.8. The van der Waals surface area contributed by atoms with Crippen molar-refractivity contribution in [3.63, 3.8) is 0 Å².